The average Bonchev–Trinajstić information content (AvgIpc) is 2.30. The molecule has 1 rings (SSSR count). The molecule has 0 fully saturated rings. The zero-order chi connectivity index (χ0) is 12.1. The van der Waals surface area contributed by atoms with Gasteiger partial charge in [0.1, 0.15) is 11.8 Å². The van der Waals surface area contributed by atoms with Gasteiger partial charge in [-0.3, -0.25) is 0 Å². The molecule has 0 radical (unpaired) electrons. The monoisotopic (exact) mass is 223 g/mol. The van der Waals surface area contributed by atoms with E-state index in [0.29, 0.717) is 6.54 Å². The van der Waals surface area contributed by atoms with Crippen LogP contribution >= 0.6 is 0 Å². The normalized spacial score (nSPS) is 11.9. The standard InChI is InChI=1S/C12H17NO3/c1-4-13(9(2)12(14)15)10-6-5-7-11(8-10)16-3/h5-9H,4H2,1-3H3,(H,14,15)/t9-/m0/s1. The van der Waals surface area contributed by atoms with E-state index in [1.165, 1.54) is 0 Å². The van der Waals surface area contributed by atoms with Gasteiger partial charge in [-0.25, -0.2) is 4.79 Å². The minimum absolute atomic E-state index is 0.544. The number of carboxylic acids is 1. The second-order valence-corrected chi connectivity index (χ2v) is 3.50. The van der Waals surface area contributed by atoms with Crippen molar-refractivity contribution in [3.63, 3.8) is 0 Å². The van der Waals surface area contributed by atoms with Crippen LogP contribution < -0.4 is 9.64 Å². The van der Waals surface area contributed by atoms with Crippen LogP contribution in [0.25, 0.3) is 0 Å². The Balaban J connectivity index is 2.98. The van der Waals surface area contributed by atoms with Gasteiger partial charge >= 0.3 is 5.97 Å². The van der Waals surface area contributed by atoms with Gasteiger partial charge in [0.15, 0.2) is 0 Å². The Bertz CT molecular complexity index is 365. The summed E-state index contributed by atoms with van der Waals surface area (Å²) in [6, 6.07) is 6.86. The van der Waals surface area contributed by atoms with E-state index < -0.39 is 12.0 Å². The average molecular weight is 223 g/mol. The predicted molar refractivity (Wildman–Crippen MR) is 63.1 cm³/mol. The molecule has 0 aliphatic carbocycles. The van der Waals surface area contributed by atoms with Gasteiger partial charge in [0, 0.05) is 18.3 Å². The van der Waals surface area contributed by atoms with Gasteiger partial charge in [-0.05, 0) is 26.0 Å². The Hall–Kier alpha value is -1.71. The molecule has 0 aliphatic rings. The molecule has 4 heteroatoms. The lowest BCUT2D eigenvalue weighted by Gasteiger charge is -2.27. The maximum absolute atomic E-state index is 11.0. The summed E-state index contributed by atoms with van der Waals surface area (Å²) in [6.07, 6.45) is 0. The number of hydrogen-bond donors (Lipinski definition) is 1. The van der Waals surface area contributed by atoms with Crippen LogP contribution in [0.1, 0.15) is 13.8 Å². The Kier molecular flexibility index (Phi) is 4.17. The SMILES string of the molecule is CCN(c1cccc(OC)c1)[C@@H](C)C(=O)O. The quantitative estimate of drug-likeness (QED) is 0.829. The molecule has 0 amide bonds. The molecule has 88 valence electrons. The number of rotatable bonds is 5. The van der Waals surface area contributed by atoms with Crippen molar-refractivity contribution >= 4 is 11.7 Å². The maximum Gasteiger partial charge on any atom is 0.326 e. The van der Waals surface area contributed by atoms with Crippen LogP contribution in [0.2, 0.25) is 0 Å². The van der Waals surface area contributed by atoms with Gasteiger partial charge < -0.3 is 14.7 Å². The van der Waals surface area contributed by atoms with Crippen molar-refractivity contribution in [1.82, 2.24) is 0 Å². The largest absolute Gasteiger partial charge is 0.497 e. The second-order valence-electron chi connectivity index (χ2n) is 3.50. The molecule has 16 heavy (non-hydrogen) atoms. The maximum atomic E-state index is 11.0. The van der Waals surface area contributed by atoms with Crippen LogP contribution in [-0.4, -0.2) is 30.8 Å². The summed E-state index contributed by atoms with van der Waals surface area (Å²) in [4.78, 5) is 12.8. The summed E-state index contributed by atoms with van der Waals surface area (Å²) in [5.41, 5.74) is 0.858. The first kappa shape index (κ1) is 12.4. The highest BCUT2D eigenvalue weighted by atomic mass is 16.5. The number of carbonyl (C=O) groups is 1. The topological polar surface area (TPSA) is 49.8 Å². The van der Waals surface area contributed by atoms with Crippen molar-refractivity contribution < 1.29 is 14.6 Å². The van der Waals surface area contributed by atoms with Crippen molar-refractivity contribution in [3.8, 4) is 5.75 Å². The lowest BCUT2D eigenvalue weighted by Crippen LogP contribution is -2.38. The van der Waals surface area contributed by atoms with Gasteiger partial charge in [-0.15, -0.1) is 0 Å². The van der Waals surface area contributed by atoms with E-state index in [1.54, 1.807) is 14.0 Å². The van der Waals surface area contributed by atoms with Crippen molar-refractivity contribution in [3.05, 3.63) is 24.3 Å². The van der Waals surface area contributed by atoms with Crippen LogP contribution in [0.5, 0.6) is 5.75 Å². The molecule has 1 atom stereocenters. The van der Waals surface area contributed by atoms with E-state index in [4.69, 9.17) is 9.84 Å². The number of benzene rings is 1. The molecule has 0 saturated heterocycles. The number of likely N-dealkylation sites (N-methyl/N-ethyl adjacent to an activating group) is 1. The van der Waals surface area contributed by atoms with Crippen LogP contribution in [0.4, 0.5) is 5.69 Å². The highest BCUT2D eigenvalue weighted by Crippen LogP contribution is 2.22. The molecule has 1 aromatic rings. The zero-order valence-electron chi connectivity index (χ0n) is 9.80. The first-order valence-corrected chi connectivity index (χ1v) is 5.23. The van der Waals surface area contributed by atoms with Gasteiger partial charge in [-0.2, -0.15) is 0 Å². The lowest BCUT2D eigenvalue weighted by molar-refractivity contribution is -0.138. The minimum atomic E-state index is -0.829. The zero-order valence-corrected chi connectivity index (χ0v) is 9.80. The van der Waals surface area contributed by atoms with E-state index >= 15 is 0 Å². The number of ether oxygens (including phenoxy) is 1. The Morgan fingerprint density at radius 1 is 1.56 bits per heavy atom. The predicted octanol–water partition coefficient (Wildman–Crippen LogP) is 1.99. The van der Waals surface area contributed by atoms with Crippen molar-refractivity contribution in [2.75, 3.05) is 18.6 Å². The second kappa shape index (κ2) is 5.39. The molecule has 0 heterocycles. The van der Waals surface area contributed by atoms with Gasteiger partial charge in [0.05, 0.1) is 7.11 Å². The molecular weight excluding hydrogens is 206 g/mol. The summed E-state index contributed by atoms with van der Waals surface area (Å²) in [6.45, 7) is 4.24. The molecule has 0 spiro atoms. The van der Waals surface area contributed by atoms with E-state index in [1.807, 2.05) is 36.1 Å². The molecule has 1 N–H and O–H groups in total. The molecule has 1 aromatic carbocycles. The number of aliphatic carboxylic acids is 1. The van der Waals surface area contributed by atoms with Crippen LogP contribution in [0.15, 0.2) is 24.3 Å². The van der Waals surface area contributed by atoms with Gasteiger partial charge in [-0.1, -0.05) is 6.07 Å². The number of anilines is 1. The fraction of sp³-hybridized carbons (Fsp3) is 0.417. The number of methoxy groups -OCH3 is 1. The smallest absolute Gasteiger partial charge is 0.326 e. The molecule has 4 nitrogen and oxygen atoms in total. The number of carboxylic acid groups (broad SMARTS) is 1. The lowest BCUT2D eigenvalue weighted by atomic mass is 10.2. The third kappa shape index (κ3) is 2.66. The van der Waals surface area contributed by atoms with Crippen LogP contribution in [0.3, 0.4) is 0 Å². The summed E-state index contributed by atoms with van der Waals surface area (Å²) < 4.78 is 5.12. The molecule has 0 unspecified atom stereocenters. The number of hydrogen-bond acceptors (Lipinski definition) is 3. The van der Waals surface area contributed by atoms with Crippen LogP contribution in [-0.2, 0) is 4.79 Å². The highest BCUT2D eigenvalue weighted by Gasteiger charge is 2.19. The third-order valence-corrected chi connectivity index (χ3v) is 2.55. The minimum Gasteiger partial charge on any atom is -0.497 e. The first-order chi connectivity index (χ1) is 7.60. The van der Waals surface area contributed by atoms with Gasteiger partial charge in [0.2, 0.25) is 0 Å². The van der Waals surface area contributed by atoms with E-state index in [-0.39, 0.29) is 0 Å². The van der Waals surface area contributed by atoms with Crippen molar-refractivity contribution in [1.29, 1.82) is 0 Å². The Morgan fingerprint density at radius 3 is 2.75 bits per heavy atom. The fourth-order valence-electron chi connectivity index (χ4n) is 1.60. The molecule has 0 saturated carbocycles. The van der Waals surface area contributed by atoms with Gasteiger partial charge in [0.25, 0.3) is 0 Å². The summed E-state index contributed by atoms with van der Waals surface area (Å²) in [7, 11) is 1.59. The summed E-state index contributed by atoms with van der Waals surface area (Å²) in [5, 5.41) is 9.00. The molecular formula is C12H17NO3. The molecule has 0 aliphatic heterocycles. The van der Waals surface area contributed by atoms with E-state index in [2.05, 4.69) is 0 Å². The fourth-order valence-corrected chi connectivity index (χ4v) is 1.60. The first-order valence-electron chi connectivity index (χ1n) is 5.23. The third-order valence-electron chi connectivity index (χ3n) is 2.55. The Labute approximate surface area is 95.5 Å². The molecule has 0 aromatic heterocycles. The van der Waals surface area contributed by atoms with E-state index in [9.17, 15) is 4.79 Å². The van der Waals surface area contributed by atoms with Crippen molar-refractivity contribution in [2.24, 2.45) is 0 Å². The van der Waals surface area contributed by atoms with Crippen LogP contribution in [0, 0.1) is 0 Å². The van der Waals surface area contributed by atoms with E-state index in [0.717, 1.165) is 11.4 Å². The summed E-state index contributed by atoms with van der Waals surface area (Å²) >= 11 is 0. The Morgan fingerprint density at radius 2 is 2.25 bits per heavy atom. The summed E-state index contributed by atoms with van der Waals surface area (Å²) in [5.74, 6) is -0.0989. The highest BCUT2D eigenvalue weighted by molar-refractivity contribution is 5.77. The number of nitrogens with zero attached hydrogens (tertiary/aromatic N) is 1. The van der Waals surface area contributed by atoms with Crippen molar-refractivity contribution in [2.45, 2.75) is 19.9 Å². The molecule has 0 bridgehead atoms.